The Balaban J connectivity index is 1.59. The maximum absolute atomic E-state index is 11.8. The van der Waals surface area contributed by atoms with Gasteiger partial charge in [0, 0.05) is 11.1 Å². The molecule has 4 aromatic rings. The number of carbonyl (C=O) groups is 2. The number of ether oxygens (including phenoxy) is 4. The molecule has 5 rings (SSSR count). The van der Waals surface area contributed by atoms with Gasteiger partial charge in [-0.1, -0.05) is 73.8 Å². The molecule has 0 atom stereocenters. The Morgan fingerprint density at radius 3 is 1.32 bits per heavy atom. The van der Waals surface area contributed by atoms with E-state index in [-0.39, 0.29) is 26.4 Å². The van der Waals surface area contributed by atoms with Crippen LogP contribution in [-0.4, -0.2) is 38.4 Å². The van der Waals surface area contributed by atoms with Crippen LogP contribution in [-0.2, 0) is 24.5 Å². The molecule has 1 aliphatic carbocycles. The minimum absolute atomic E-state index is 0.139. The van der Waals surface area contributed by atoms with E-state index in [9.17, 15) is 9.59 Å². The summed E-state index contributed by atoms with van der Waals surface area (Å²) in [6, 6.07) is 25.9. The lowest BCUT2D eigenvalue weighted by Crippen LogP contribution is -2.31. The van der Waals surface area contributed by atoms with E-state index in [0.29, 0.717) is 11.1 Å². The first-order valence-corrected chi connectivity index (χ1v) is 15.8. The maximum atomic E-state index is 11.8. The van der Waals surface area contributed by atoms with E-state index in [1.807, 2.05) is 13.8 Å². The van der Waals surface area contributed by atoms with E-state index in [1.54, 1.807) is 13.8 Å². The van der Waals surface area contributed by atoms with Crippen LogP contribution in [0.3, 0.4) is 0 Å². The zero-order valence-corrected chi connectivity index (χ0v) is 28.1. The molecule has 0 unspecified atom stereocenters. The van der Waals surface area contributed by atoms with E-state index in [1.165, 1.54) is 22.3 Å². The minimum Gasteiger partial charge on any atom is -0.490 e. The van der Waals surface area contributed by atoms with Crippen molar-refractivity contribution < 1.29 is 28.5 Å². The standard InChI is InChI=1S/C41H42O6/c1-25(2)39(42)46-19-17-44-37-23-27(5)35(21-29(37)7)41(33-15-11-9-13-31(33)32-14-10-12-16-34(32)41)36-22-30(8)38(24-28(36)6)45-18-20-47-40(43)26(3)4/h9-16,21-24H,1,3,17-20H2,2,4-8H3. The number of benzene rings is 4. The average Bonchev–Trinajstić information content (AvgIpc) is 3.34. The van der Waals surface area contributed by atoms with Gasteiger partial charge >= 0.3 is 11.9 Å². The van der Waals surface area contributed by atoms with Crippen molar-refractivity contribution in [3.05, 3.63) is 142 Å². The van der Waals surface area contributed by atoms with Crippen molar-refractivity contribution in [1.82, 2.24) is 0 Å². The van der Waals surface area contributed by atoms with E-state index < -0.39 is 17.4 Å². The molecule has 0 saturated carbocycles. The Kier molecular flexibility index (Phi) is 9.71. The van der Waals surface area contributed by atoms with Gasteiger partial charge in [-0.3, -0.25) is 0 Å². The Morgan fingerprint density at radius 1 is 0.553 bits per heavy atom. The van der Waals surface area contributed by atoms with Crippen molar-refractivity contribution in [3.63, 3.8) is 0 Å². The van der Waals surface area contributed by atoms with Crippen molar-refractivity contribution >= 4 is 11.9 Å². The summed E-state index contributed by atoms with van der Waals surface area (Å²) in [5.74, 6) is 0.643. The van der Waals surface area contributed by atoms with E-state index in [0.717, 1.165) is 44.9 Å². The second-order valence-electron chi connectivity index (χ2n) is 12.2. The molecule has 0 aliphatic heterocycles. The number of rotatable bonds is 12. The number of aryl methyl sites for hydroxylation is 4. The van der Waals surface area contributed by atoms with Crippen LogP contribution in [0.2, 0.25) is 0 Å². The Labute approximate surface area is 277 Å². The van der Waals surface area contributed by atoms with E-state index >= 15 is 0 Å². The van der Waals surface area contributed by atoms with Crippen molar-refractivity contribution in [3.8, 4) is 22.6 Å². The van der Waals surface area contributed by atoms with Crippen LogP contribution in [0.15, 0.2) is 97.1 Å². The largest absolute Gasteiger partial charge is 0.490 e. The number of hydrogen-bond acceptors (Lipinski definition) is 6. The Bertz CT molecular complexity index is 1740. The number of esters is 2. The third-order valence-corrected chi connectivity index (χ3v) is 8.65. The van der Waals surface area contributed by atoms with Gasteiger partial charge in [0.25, 0.3) is 0 Å². The Hall–Kier alpha value is -5.10. The molecular weight excluding hydrogens is 588 g/mol. The molecular formula is C41H42O6. The first kappa shape index (κ1) is 33.3. The molecule has 0 N–H and O–H groups in total. The number of fused-ring (bicyclic) bond motifs is 3. The third kappa shape index (κ3) is 6.33. The van der Waals surface area contributed by atoms with Crippen LogP contribution in [0.1, 0.15) is 58.4 Å². The molecule has 6 nitrogen and oxygen atoms in total. The smallest absolute Gasteiger partial charge is 0.333 e. The van der Waals surface area contributed by atoms with Gasteiger partial charge in [0.2, 0.25) is 0 Å². The number of carbonyl (C=O) groups excluding carboxylic acids is 2. The summed E-state index contributed by atoms with van der Waals surface area (Å²) in [6.45, 7) is 19.6. The van der Waals surface area contributed by atoms with Gasteiger partial charge in [-0.2, -0.15) is 0 Å². The van der Waals surface area contributed by atoms with Crippen molar-refractivity contribution in [2.45, 2.75) is 47.0 Å². The number of hydrogen-bond donors (Lipinski definition) is 0. The van der Waals surface area contributed by atoms with E-state index in [2.05, 4.69) is 99.8 Å². The fraction of sp³-hybridized carbons (Fsp3) is 0.268. The highest BCUT2D eigenvalue weighted by Crippen LogP contribution is 2.58. The monoisotopic (exact) mass is 630 g/mol. The van der Waals surface area contributed by atoms with Crippen molar-refractivity contribution in [2.24, 2.45) is 0 Å². The quantitative estimate of drug-likeness (QED) is 0.0785. The zero-order chi connectivity index (χ0) is 33.9. The maximum Gasteiger partial charge on any atom is 0.333 e. The lowest BCUT2D eigenvalue weighted by Gasteiger charge is -2.37. The second-order valence-corrected chi connectivity index (χ2v) is 12.2. The molecule has 0 heterocycles. The van der Waals surface area contributed by atoms with Gasteiger partial charge in [0.1, 0.15) is 37.9 Å². The molecule has 6 heteroatoms. The SMILES string of the molecule is C=C(C)C(=O)OCCOc1cc(C)c(C2(c3cc(C)c(OCCOC(=O)C(=C)C)cc3C)c3ccccc3-c3ccccc32)cc1C. The summed E-state index contributed by atoms with van der Waals surface area (Å²) in [4.78, 5) is 23.6. The molecule has 0 radical (unpaired) electrons. The predicted octanol–water partition coefficient (Wildman–Crippen LogP) is 8.28. The highest BCUT2D eigenvalue weighted by molar-refractivity contribution is 5.88. The topological polar surface area (TPSA) is 71.1 Å². The summed E-state index contributed by atoms with van der Waals surface area (Å²) >= 11 is 0. The summed E-state index contributed by atoms with van der Waals surface area (Å²) in [5.41, 5.74) is 11.4. The molecule has 0 spiro atoms. The van der Waals surface area contributed by atoms with Crippen LogP contribution in [0.5, 0.6) is 11.5 Å². The summed E-state index contributed by atoms with van der Waals surface area (Å²) in [6.07, 6.45) is 0. The molecule has 0 amide bonds. The van der Waals surface area contributed by atoms with Gasteiger partial charge in [-0.05, 0) is 109 Å². The first-order chi connectivity index (χ1) is 22.5. The normalized spacial score (nSPS) is 12.5. The molecule has 47 heavy (non-hydrogen) atoms. The lowest BCUT2D eigenvalue weighted by molar-refractivity contribution is -0.140. The highest BCUT2D eigenvalue weighted by atomic mass is 16.6. The molecule has 242 valence electrons. The van der Waals surface area contributed by atoms with Crippen molar-refractivity contribution in [1.29, 1.82) is 0 Å². The fourth-order valence-corrected chi connectivity index (χ4v) is 6.48. The molecule has 1 aliphatic rings. The minimum atomic E-state index is -0.609. The van der Waals surface area contributed by atoms with Gasteiger partial charge in [0.05, 0.1) is 5.41 Å². The predicted molar refractivity (Wildman–Crippen MR) is 185 cm³/mol. The van der Waals surface area contributed by atoms with Crippen LogP contribution >= 0.6 is 0 Å². The molecule has 0 aromatic heterocycles. The third-order valence-electron chi connectivity index (χ3n) is 8.65. The first-order valence-electron chi connectivity index (χ1n) is 15.8. The molecule has 4 aromatic carbocycles. The van der Waals surface area contributed by atoms with Gasteiger partial charge in [0.15, 0.2) is 0 Å². The summed E-state index contributed by atoms with van der Waals surface area (Å²) in [5, 5.41) is 0. The van der Waals surface area contributed by atoms with E-state index in [4.69, 9.17) is 18.9 Å². The van der Waals surface area contributed by atoms with Crippen molar-refractivity contribution in [2.75, 3.05) is 26.4 Å². The van der Waals surface area contributed by atoms with Crippen LogP contribution in [0.25, 0.3) is 11.1 Å². The average molecular weight is 631 g/mol. The molecule has 0 saturated heterocycles. The Morgan fingerprint density at radius 2 is 0.936 bits per heavy atom. The van der Waals surface area contributed by atoms with Crippen LogP contribution in [0.4, 0.5) is 0 Å². The fourth-order valence-electron chi connectivity index (χ4n) is 6.48. The van der Waals surface area contributed by atoms with Gasteiger partial charge in [-0.25, -0.2) is 9.59 Å². The molecule has 0 bridgehead atoms. The van der Waals surface area contributed by atoms with Gasteiger partial charge in [-0.15, -0.1) is 0 Å². The summed E-state index contributed by atoms with van der Waals surface area (Å²) in [7, 11) is 0. The second kappa shape index (κ2) is 13.7. The highest BCUT2D eigenvalue weighted by Gasteiger charge is 2.47. The van der Waals surface area contributed by atoms with Crippen LogP contribution in [0, 0.1) is 27.7 Å². The summed E-state index contributed by atoms with van der Waals surface area (Å²) < 4.78 is 22.7. The van der Waals surface area contributed by atoms with Gasteiger partial charge < -0.3 is 18.9 Å². The van der Waals surface area contributed by atoms with Crippen LogP contribution < -0.4 is 9.47 Å². The lowest BCUT2D eigenvalue weighted by atomic mass is 9.65. The zero-order valence-electron chi connectivity index (χ0n) is 28.1. The molecule has 0 fully saturated rings.